The summed E-state index contributed by atoms with van der Waals surface area (Å²) in [6.45, 7) is -0.332. The van der Waals surface area contributed by atoms with Gasteiger partial charge in [-0.1, -0.05) is 18.2 Å². The average Bonchev–Trinajstić information content (AvgIpc) is 2.89. The van der Waals surface area contributed by atoms with Gasteiger partial charge in [0, 0.05) is 18.4 Å². The van der Waals surface area contributed by atoms with Gasteiger partial charge in [0.25, 0.3) is 0 Å². The third-order valence-corrected chi connectivity index (χ3v) is 3.95. The van der Waals surface area contributed by atoms with Crippen LogP contribution < -0.4 is 0 Å². The van der Waals surface area contributed by atoms with Crippen LogP contribution in [-0.4, -0.2) is 46.1 Å². The van der Waals surface area contributed by atoms with E-state index in [9.17, 15) is 19.8 Å². The van der Waals surface area contributed by atoms with Crippen LogP contribution in [0.1, 0.15) is 23.2 Å². The lowest BCUT2D eigenvalue weighted by Gasteiger charge is -2.24. The molecule has 0 aliphatic heterocycles. The predicted molar refractivity (Wildman–Crippen MR) is 72.6 cm³/mol. The van der Waals surface area contributed by atoms with E-state index in [-0.39, 0.29) is 6.61 Å². The minimum absolute atomic E-state index is 0.332. The highest BCUT2D eigenvalue weighted by Gasteiger charge is 2.43. The van der Waals surface area contributed by atoms with Gasteiger partial charge in [-0.05, 0) is 25.0 Å². The molecular formula is C15H18O6. The molecule has 2 rings (SSSR count). The van der Waals surface area contributed by atoms with Gasteiger partial charge in [-0.15, -0.1) is 0 Å². The van der Waals surface area contributed by atoms with Gasteiger partial charge < -0.3 is 20.1 Å². The standard InChI is InChI=1S/C15H18O6/c16-8-11-10(13(17)14(18)19)6-7-12(11)21-15(20)9-4-2-1-3-5-9/h1-5,10-13,16-17H,6-8H2,(H,18,19)/t10-,11-,12-,13?/m1/s1. The van der Waals surface area contributed by atoms with Gasteiger partial charge in [-0.25, -0.2) is 9.59 Å². The van der Waals surface area contributed by atoms with Crippen molar-refractivity contribution in [2.45, 2.75) is 25.0 Å². The molecule has 0 saturated heterocycles. The van der Waals surface area contributed by atoms with Crippen molar-refractivity contribution in [3.63, 3.8) is 0 Å². The van der Waals surface area contributed by atoms with Gasteiger partial charge in [0.1, 0.15) is 6.10 Å². The fourth-order valence-corrected chi connectivity index (χ4v) is 2.81. The number of carboxylic acids is 1. The smallest absolute Gasteiger partial charge is 0.338 e. The van der Waals surface area contributed by atoms with Crippen molar-refractivity contribution in [1.82, 2.24) is 0 Å². The first kappa shape index (κ1) is 15.5. The Hall–Kier alpha value is -1.92. The minimum atomic E-state index is -1.55. The number of hydrogen-bond acceptors (Lipinski definition) is 5. The second kappa shape index (κ2) is 6.69. The summed E-state index contributed by atoms with van der Waals surface area (Å²) in [5.41, 5.74) is 0.399. The number of esters is 1. The molecule has 0 aromatic heterocycles. The summed E-state index contributed by atoms with van der Waals surface area (Å²) in [7, 11) is 0. The lowest BCUT2D eigenvalue weighted by molar-refractivity contribution is -0.151. The molecule has 21 heavy (non-hydrogen) atoms. The maximum Gasteiger partial charge on any atom is 0.338 e. The molecule has 1 aromatic carbocycles. The van der Waals surface area contributed by atoms with Crippen LogP contribution in [0.25, 0.3) is 0 Å². The monoisotopic (exact) mass is 294 g/mol. The Kier molecular flexibility index (Phi) is 4.93. The fraction of sp³-hybridized carbons (Fsp3) is 0.467. The molecule has 4 atom stereocenters. The summed E-state index contributed by atoms with van der Waals surface area (Å²) >= 11 is 0. The van der Waals surface area contributed by atoms with E-state index in [1.165, 1.54) is 0 Å². The van der Waals surface area contributed by atoms with Crippen LogP contribution >= 0.6 is 0 Å². The summed E-state index contributed by atoms with van der Waals surface area (Å²) in [5, 5.41) is 27.9. The van der Waals surface area contributed by atoms with Crippen molar-refractivity contribution in [3.8, 4) is 0 Å². The highest BCUT2D eigenvalue weighted by atomic mass is 16.5. The SMILES string of the molecule is O=C(O[C@@H]1CC[C@@H](C(O)C(=O)O)[C@H]1CO)c1ccccc1. The van der Waals surface area contributed by atoms with Crippen LogP contribution in [0.2, 0.25) is 0 Å². The number of aliphatic carboxylic acids is 1. The van der Waals surface area contributed by atoms with E-state index in [1.807, 2.05) is 0 Å². The predicted octanol–water partition coefficient (Wildman–Crippen LogP) is 0.676. The number of carbonyl (C=O) groups is 2. The van der Waals surface area contributed by atoms with Gasteiger partial charge in [-0.3, -0.25) is 0 Å². The molecule has 1 unspecified atom stereocenters. The van der Waals surface area contributed by atoms with Crippen molar-refractivity contribution in [3.05, 3.63) is 35.9 Å². The van der Waals surface area contributed by atoms with Crippen molar-refractivity contribution in [2.75, 3.05) is 6.61 Å². The molecule has 0 amide bonds. The van der Waals surface area contributed by atoms with Gasteiger partial charge in [0.05, 0.1) is 5.56 Å². The first-order valence-electron chi connectivity index (χ1n) is 6.82. The Labute approximate surface area is 122 Å². The van der Waals surface area contributed by atoms with Crippen LogP contribution in [0.5, 0.6) is 0 Å². The maximum absolute atomic E-state index is 12.0. The van der Waals surface area contributed by atoms with Crippen molar-refractivity contribution in [2.24, 2.45) is 11.8 Å². The quantitative estimate of drug-likeness (QED) is 0.690. The van der Waals surface area contributed by atoms with Crippen molar-refractivity contribution < 1.29 is 29.6 Å². The molecule has 0 spiro atoms. The second-order valence-corrected chi connectivity index (χ2v) is 5.18. The zero-order chi connectivity index (χ0) is 15.4. The van der Waals surface area contributed by atoms with E-state index in [4.69, 9.17) is 9.84 Å². The molecule has 1 aliphatic rings. The van der Waals surface area contributed by atoms with Crippen molar-refractivity contribution in [1.29, 1.82) is 0 Å². The summed E-state index contributed by atoms with van der Waals surface area (Å²) in [5.74, 6) is -3.01. The molecule has 1 saturated carbocycles. The third kappa shape index (κ3) is 3.40. The van der Waals surface area contributed by atoms with E-state index >= 15 is 0 Å². The summed E-state index contributed by atoms with van der Waals surface area (Å²) in [6.07, 6.45) is -1.31. The Morgan fingerprint density at radius 1 is 1.24 bits per heavy atom. The molecule has 0 heterocycles. The number of carbonyl (C=O) groups excluding carboxylic acids is 1. The Balaban J connectivity index is 2.04. The van der Waals surface area contributed by atoms with E-state index in [1.54, 1.807) is 30.3 Å². The van der Waals surface area contributed by atoms with Gasteiger partial charge in [-0.2, -0.15) is 0 Å². The molecule has 3 N–H and O–H groups in total. The van der Waals surface area contributed by atoms with E-state index < -0.39 is 36.0 Å². The van der Waals surface area contributed by atoms with Crippen LogP contribution in [0.15, 0.2) is 30.3 Å². The van der Waals surface area contributed by atoms with Crippen LogP contribution in [0.4, 0.5) is 0 Å². The Bertz CT molecular complexity index is 500. The average molecular weight is 294 g/mol. The highest BCUT2D eigenvalue weighted by molar-refractivity contribution is 5.89. The number of ether oxygens (including phenoxy) is 1. The summed E-state index contributed by atoms with van der Waals surface area (Å²) in [4.78, 5) is 22.8. The number of benzene rings is 1. The zero-order valence-corrected chi connectivity index (χ0v) is 11.4. The number of rotatable bonds is 5. The molecule has 1 fully saturated rings. The molecule has 6 nitrogen and oxygen atoms in total. The van der Waals surface area contributed by atoms with Gasteiger partial charge in [0.15, 0.2) is 6.10 Å². The largest absolute Gasteiger partial charge is 0.479 e. The molecule has 0 radical (unpaired) electrons. The van der Waals surface area contributed by atoms with E-state index in [2.05, 4.69) is 0 Å². The van der Waals surface area contributed by atoms with E-state index in [0.717, 1.165) is 0 Å². The second-order valence-electron chi connectivity index (χ2n) is 5.18. The van der Waals surface area contributed by atoms with Crippen molar-refractivity contribution >= 4 is 11.9 Å². The molecule has 0 bridgehead atoms. The first-order chi connectivity index (χ1) is 10.0. The third-order valence-electron chi connectivity index (χ3n) is 3.95. The van der Waals surface area contributed by atoms with Crippen LogP contribution in [0.3, 0.4) is 0 Å². The highest BCUT2D eigenvalue weighted by Crippen LogP contribution is 2.36. The van der Waals surface area contributed by atoms with Gasteiger partial charge >= 0.3 is 11.9 Å². The molecule has 1 aliphatic carbocycles. The Morgan fingerprint density at radius 2 is 1.90 bits per heavy atom. The lowest BCUT2D eigenvalue weighted by Crippen LogP contribution is -2.37. The topological polar surface area (TPSA) is 104 Å². The molecule has 1 aromatic rings. The Morgan fingerprint density at radius 3 is 2.48 bits per heavy atom. The van der Waals surface area contributed by atoms with E-state index in [0.29, 0.717) is 18.4 Å². The number of aliphatic hydroxyl groups is 2. The molecular weight excluding hydrogens is 276 g/mol. The van der Waals surface area contributed by atoms with Gasteiger partial charge in [0.2, 0.25) is 0 Å². The van der Waals surface area contributed by atoms with Crippen LogP contribution in [-0.2, 0) is 9.53 Å². The minimum Gasteiger partial charge on any atom is -0.479 e. The normalized spacial score (nSPS) is 26.3. The number of aliphatic hydroxyl groups excluding tert-OH is 2. The number of hydrogen-bond donors (Lipinski definition) is 3. The molecule has 114 valence electrons. The molecule has 6 heteroatoms. The maximum atomic E-state index is 12.0. The number of carboxylic acid groups (broad SMARTS) is 1. The summed E-state index contributed by atoms with van der Waals surface area (Å²) in [6, 6.07) is 8.45. The fourth-order valence-electron chi connectivity index (χ4n) is 2.81. The lowest BCUT2D eigenvalue weighted by atomic mass is 9.90. The van der Waals surface area contributed by atoms with Crippen LogP contribution in [0, 0.1) is 11.8 Å². The first-order valence-corrected chi connectivity index (χ1v) is 6.82. The zero-order valence-electron chi connectivity index (χ0n) is 11.4. The summed E-state index contributed by atoms with van der Waals surface area (Å²) < 4.78 is 5.36.